The first-order valence-electron chi connectivity index (χ1n) is 11.9. The summed E-state index contributed by atoms with van der Waals surface area (Å²) in [4.78, 5) is 12.6. The van der Waals surface area contributed by atoms with Crippen LogP contribution in [0.1, 0.15) is 23.1 Å². The molecule has 176 valence electrons. The van der Waals surface area contributed by atoms with E-state index in [1.54, 1.807) is 0 Å². The van der Waals surface area contributed by atoms with E-state index in [2.05, 4.69) is 0 Å². The monoisotopic (exact) mass is 458 g/mol. The van der Waals surface area contributed by atoms with Gasteiger partial charge in [-0.3, -0.25) is 4.79 Å². The first kappa shape index (κ1) is 22.9. The Morgan fingerprint density at radius 3 is 1.71 bits per heavy atom. The van der Waals surface area contributed by atoms with E-state index in [1.165, 1.54) is 0 Å². The highest BCUT2D eigenvalue weighted by Crippen LogP contribution is 2.41. The number of hydrogen-bond acceptors (Lipinski definition) is 5. The molecule has 5 nitrogen and oxygen atoms in total. The number of ether oxygens (including phenoxy) is 4. The summed E-state index contributed by atoms with van der Waals surface area (Å²) < 4.78 is 25.2. The van der Waals surface area contributed by atoms with Crippen molar-refractivity contribution in [2.24, 2.45) is 5.92 Å². The SMILES string of the molecule is O=C1C[C@H]2O[C@H](COCc3ccccc3)[C@@H](OCc3ccccc3)[C@H](OCc3ccccc3)[C@@H]12. The molecule has 1 saturated heterocycles. The molecule has 34 heavy (non-hydrogen) atoms. The van der Waals surface area contributed by atoms with E-state index in [1.807, 2.05) is 91.0 Å². The van der Waals surface area contributed by atoms with Gasteiger partial charge in [-0.05, 0) is 16.7 Å². The van der Waals surface area contributed by atoms with E-state index >= 15 is 0 Å². The van der Waals surface area contributed by atoms with E-state index in [0.717, 1.165) is 16.7 Å². The van der Waals surface area contributed by atoms with Crippen molar-refractivity contribution in [2.45, 2.75) is 50.7 Å². The van der Waals surface area contributed by atoms with Gasteiger partial charge in [0, 0.05) is 6.42 Å². The Bertz CT molecular complexity index is 1040. The predicted octanol–water partition coefficient (Wildman–Crippen LogP) is 4.73. The van der Waals surface area contributed by atoms with Crippen LogP contribution in [0.4, 0.5) is 0 Å². The molecule has 0 bridgehead atoms. The normalized spacial score (nSPS) is 26.0. The van der Waals surface area contributed by atoms with Crippen LogP contribution in [0.15, 0.2) is 91.0 Å². The molecule has 0 unspecified atom stereocenters. The standard InChI is InChI=1S/C29H30O5/c30-24-16-25-27(24)29(33-19-23-14-8-3-9-15-23)28(32-18-22-12-6-2-7-13-22)26(34-25)20-31-17-21-10-4-1-5-11-21/h1-15,25-29H,16-20H2/t25-,26-,27+,28-,29-/m1/s1. The van der Waals surface area contributed by atoms with E-state index < -0.39 is 6.10 Å². The third kappa shape index (κ3) is 5.45. The summed E-state index contributed by atoms with van der Waals surface area (Å²) >= 11 is 0. The number of Topliss-reactive ketones (excluding diaryl/α,β-unsaturated/α-hetero) is 1. The number of rotatable bonds is 10. The number of carbonyl (C=O) groups is 1. The molecule has 2 fully saturated rings. The smallest absolute Gasteiger partial charge is 0.143 e. The maximum atomic E-state index is 12.6. The Labute approximate surface area is 200 Å². The van der Waals surface area contributed by atoms with Gasteiger partial charge in [0.05, 0.1) is 44.6 Å². The van der Waals surface area contributed by atoms with Crippen molar-refractivity contribution in [1.82, 2.24) is 0 Å². The molecule has 1 saturated carbocycles. The van der Waals surface area contributed by atoms with Crippen LogP contribution in [0, 0.1) is 5.92 Å². The maximum Gasteiger partial charge on any atom is 0.143 e. The van der Waals surface area contributed by atoms with Crippen LogP contribution in [0.2, 0.25) is 0 Å². The molecule has 0 radical (unpaired) electrons. The van der Waals surface area contributed by atoms with Crippen molar-refractivity contribution >= 4 is 5.78 Å². The summed E-state index contributed by atoms with van der Waals surface area (Å²) in [5.74, 6) is -0.116. The molecule has 0 N–H and O–H groups in total. The summed E-state index contributed by atoms with van der Waals surface area (Å²) in [5, 5.41) is 0. The molecule has 0 spiro atoms. The molecular formula is C29H30O5. The lowest BCUT2D eigenvalue weighted by Crippen LogP contribution is -2.64. The molecule has 3 aromatic carbocycles. The Hall–Kier alpha value is -2.83. The third-order valence-corrected chi connectivity index (χ3v) is 6.53. The van der Waals surface area contributed by atoms with Crippen molar-refractivity contribution < 1.29 is 23.7 Å². The second kappa shape index (κ2) is 11.1. The molecule has 0 aromatic heterocycles. The maximum absolute atomic E-state index is 12.6. The fraction of sp³-hybridized carbons (Fsp3) is 0.345. The Morgan fingerprint density at radius 1 is 0.676 bits per heavy atom. The summed E-state index contributed by atoms with van der Waals surface area (Å²) in [6.45, 7) is 1.71. The molecule has 1 aliphatic carbocycles. The van der Waals surface area contributed by atoms with Gasteiger partial charge in [0.1, 0.15) is 18.0 Å². The van der Waals surface area contributed by atoms with Gasteiger partial charge in [-0.25, -0.2) is 0 Å². The molecule has 0 amide bonds. The molecule has 5 rings (SSSR count). The molecular weight excluding hydrogens is 428 g/mol. The van der Waals surface area contributed by atoms with Crippen molar-refractivity contribution in [3.8, 4) is 0 Å². The lowest BCUT2D eigenvalue weighted by Gasteiger charge is -2.50. The van der Waals surface area contributed by atoms with Gasteiger partial charge >= 0.3 is 0 Å². The topological polar surface area (TPSA) is 54.0 Å². The van der Waals surface area contributed by atoms with E-state index in [9.17, 15) is 4.79 Å². The molecule has 5 atom stereocenters. The zero-order valence-electron chi connectivity index (χ0n) is 19.1. The van der Waals surface area contributed by atoms with Gasteiger partial charge < -0.3 is 18.9 Å². The highest BCUT2D eigenvalue weighted by Gasteiger charge is 2.56. The van der Waals surface area contributed by atoms with Crippen LogP contribution >= 0.6 is 0 Å². The highest BCUT2D eigenvalue weighted by molar-refractivity contribution is 5.89. The molecule has 3 aromatic rings. The second-order valence-electron chi connectivity index (χ2n) is 8.93. The minimum atomic E-state index is -0.412. The zero-order valence-corrected chi connectivity index (χ0v) is 19.1. The van der Waals surface area contributed by atoms with Gasteiger partial charge in [-0.1, -0.05) is 91.0 Å². The van der Waals surface area contributed by atoms with Gasteiger partial charge in [0.25, 0.3) is 0 Å². The van der Waals surface area contributed by atoms with Crippen molar-refractivity contribution in [3.63, 3.8) is 0 Å². The Kier molecular flexibility index (Phi) is 7.46. The van der Waals surface area contributed by atoms with Crippen LogP contribution in [0.25, 0.3) is 0 Å². The second-order valence-corrected chi connectivity index (χ2v) is 8.93. The van der Waals surface area contributed by atoms with Crippen molar-refractivity contribution in [3.05, 3.63) is 108 Å². The first-order chi connectivity index (χ1) is 16.8. The van der Waals surface area contributed by atoms with Crippen LogP contribution in [0.5, 0.6) is 0 Å². The quantitative estimate of drug-likeness (QED) is 0.440. The van der Waals surface area contributed by atoms with Gasteiger partial charge in [0.2, 0.25) is 0 Å². The van der Waals surface area contributed by atoms with Crippen LogP contribution < -0.4 is 0 Å². The number of fused-ring (bicyclic) bond motifs is 1. The third-order valence-electron chi connectivity index (χ3n) is 6.53. The summed E-state index contributed by atoms with van der Waals surface area (Å²) in [7, 11) is 0. The van der Waals surface area contributed by atoms with Gasteiger partial charge in [0.15, 0.2) is 0 Å². The number of ketones is 1. The number of benzene rings is 3. The van der Waals surface area contributed by atoms with E-state index in [4.69, 9.17) is 18.9 Å². The Morgan fingerprint density at radius 2 is 1.18 bits per heavy atom. The molecule has 2 aliphatic rings. The van der Waals surface area contributed by atoms with Crippen LogP contribution in [-0.2, 0) is 43.6 Å². The minimum Gasteiger partial charge on any atom is -0.374 e. The number of hydrogen-bond donors (Lipinski definition) is 0. The molecule has 5 heteroatoms. The van der Waals surface area contributed by atoms with Crippen LogP contribution in [0.3, 0.4) is 0 Å². The average molecular weight is 459 g/mol. The summed E-state index contributed by atoms with van der Waals surface area (Å²) in [6, 6.07) is 30.1. The van der Waals surface area contributed by atoms with Crippen molar-refractivity contribution in [1.29, 1.82) is 0 Å². The van der Waals surface area contributed by atoms with Crippen LogP contribution in [-0.4, -0.2) is 36.8 Å². The summed E-state index contributed by atoms with van der Waals surface area (Å²) in [6.07, 6.45) is -0.826. The summed E-state index contributed by atoms with van der Waals surface area (Å²) in [5.41, 5.74) is 3.24. The van der Waals surface area contributed by atoms with E-state index in [-0.39, 0.29) is 30.0 Å². The first-order valence-corrected chi connectivity index (χ1v) is 11.9. The van der Waals surface area contributed by atoms with Crippen molar-refractivity contribution in [2.75, 3.05) is 6.61 Å². The van der Waals surface area contributed by atoms with Gasteiger partial charge in [-0.2, -0.15) is 0 Å². The minimum absolute atomic E-state index is 0.143. The fourth-order valence-electron chi connectivity index (χ4n) is 4.69. The largest absolute Gasteiger partial charge is 0.374 e. The highest BCUT2D eigenvalue weighted by atomic mass is 16.6. The Balaban J connectivity index is 1.31. The molecule has 1 aliphatic heterocycles. The number of carbonyl (C=O) groups excluding carboxylic acids is 1. The molecule has 1 heterocycles. The fourth-order valence-corrected chi connectivity index (χ4v) is 4.69. The predicted molar refractivity (Wildman–Crippen MR) is 128 cm³/mol. The van der Waals surface area contributed by atoms with E-state index in [0.29, 0.717) is 32.8 Å². The van der Waals surface area contributed by atoms with Gasteiger partial charge in [-0.15, -0.1) is 0 Å². The zero-order chi connectivity index (χ0) is 23.2. The lowest BCUT2D eigenvalue weighted by atomic mass is 9.72. The average Bonchev–Trinajstić information content (AvgIpc) is 2.88. The lowest BCUT2D eigenvalue weighted by molar-refractivity contribution is -0.257.